The Labute approximate surface area is 319 Å². The molecule has 0 spiro atoms. The first kappa shape index (κ1) is 41.1. The minimum absolute atomic E-state index is 0.0367. The van der Waals surface area contributed by atoms with Gasteiger partial charge in [-0.2, -0.15) is 0 Å². The van der Waals surface area contributed by atoms with Crippen LogP contribution in [0.4, 0.5) is 5.69 Å². The lowest BCUT2D eigenvalue weighted by Gasteiger charge is -2.07. The molecule has 0 unspecified atom stereocenters. The van der Waals surface area contributed by atoms with Crippen molar-refractivity contribution in [3.8, 4) is 0 Å². The van der Waals surface area contributed by atoms with E-state index in [1.54, 1.807) is 91.9 Å². The number of ether oxygens (including phenoxy) is 3. The number of carbonyl (C=O) groups is 4. The summed E-state index contributed by atoms with van der Waals surface area (Å²) in [5.74, 6) is -1.63. The van der Waals surface area contributed by atoms with E-state index in [0.29, 0.717) is 53.4 Å². The number of hydrogen-bond donors (Lipinski definition) is 2. The van der Waals surface area contributed by atoms with Gasteiger partial charge in [-0.1, -0.05) is 68.4 Å². The van der Waals surface area contributed by atoms with Gasteiger partial charge in [0.15, 0.2) is 11.2 Å². The number of H-pyrrole nitrogens is 1. The van der Waals surface area contributed by atoms with Crippen molar-refractivity contribution >= 4 is 46.5 Å². The SMILES string of the molecule is CCCC(=O)c1c[nH]c2cc(COC(=O)c3ccccc3)ccc2c1=O.CCCC(O)=C(C=Nc1cccc(COC(=O)c2ccccc2)c1)C(=O)OCC. The maximum absolute atomic E-state index is 12.5. The zero-order valence-corrected chi connectivity index (χ0v) is 31.1. The smallest absolute Gasteiger partial charge is 0.343 e. The number of aliphatic imine (C=N–C) groups is 1. The highest BCUT2D eigenvalue weighted by atomic mass is 16.5. The second-order valence-corrected chi connectivity index (χ2v) is 12.2. The van der Waals surface area contributed by atoms with E-state index < -0.39 is 17.9 Å². The highest BCUT2D eigenvalue weighted by Crippen LogP contribution is 2.18. The largest absolute Gasteiger partial charge is 0.511 e. The van der Waals surface area contributed by atoms with Crippen molar-refractivity contribution in [1.82, 2.24) is 4.98 Å². The second kappa shape index (κ2) is 21.2. The third-order valence-electron chi connectivity index (χ3n) is 8.03. The highest BCUT2D eigenvalue weighted by molar-refractivity contribution is 6.10. The number of nitrogens with zero attached hydrogens (tertiary/aromatic N) is 1. The van der Waals surface area contributed by atoms with Gasteiger partial charge in [-0.15, -0.1) is 0 Å². The number of Topliss-reactive ketones (excluding diaryl/α,β-unsaturated/α-hetero) is 1. The zero-order valence-electron chi connectivity index (χ0n) is 31.1. The molecule has 2 N–H and O–H groups in total. The van der Waals surface area contributed by atoms with Gasteiger partial charge in [0.25, 0.3) is 0 Å². The summed E-state index contributed by atoms with van der Waals surface area (Å²) in [7, 11) is 0. The van der Waals surface area contributed by atoms with Gasteiger partial charge in [0, 0.05) is 36.2 Å². The Morgan fingerprint density at radius 2 is 1.31 bits per heavy atom. The van der Waals surface area contributed by atoms with Crippen molar-refractivity contribution in [1.29, 1.82) is 0 Å². The van der Waals surface area contributed by atoms with E-state index >= 15 is 0 Å². The van der Waals surface area contributed by atoms with Gasteiger partial charge in [0.1, 0.15) is 24.5 Å². The molecule has 0 bridgehead atoms. The molecule has 5 aromatic rings. The van der Waals surface area contributed by atoms with Gasteiger partial charge in [0.2, 0.25) is 0 Å². The van der Waals surface area contributed by atoms with Crippen molar-refractivity contribution in [2.24, 2.45) is 4.99 Å². The molecule has 0 radical (unpaired) electrons. The van der Waals surface area contributed by atoms with Gasteiger partial charge < -0.3 is 24.3 Å². The Morgan fingerprint density at radius 1 is 0.709 bits per heavy atom. The van der Waals surface area contributed by atoms with Crippen LogP contribution in [0.3, 0.4) is 0 Å². The van der Waals surface area contributed by atoms with Crippen LogP contribution in [0.5, 0.6) is 0 Å². The lowest BCUT2D eigenvalue weighted by molar-refractivity contribution is -0.138. The number of fused-ring (bicyclic) bond motifs is 1. The lowest BCUT2D eigenvalue weighted by atomic mass is 10.0. The topological polar surface area (TPSA) is 161 Å². The van der Waals surface area contributed by atoms with Crippen LogP contribution in [0.25, 0.3) is 10.9 Å². The number of aliphatic hydroxyl groups is 1. The monoisotopic (exact) mass is 744 g/mol. The summed E-state index contributed by atoms with van der Waals surface area (Å²) in [5.41, 5.74) is 3.59. The summed E-state index contributed by atoms with van der Waals surface area (Å²) in [6.07, 6.45) is 4.85. The Bertz CT molecular complexity index is 2210. The molecule has 11 nitrogen and oxygen atoms in total. The summed E-state index contributed by atoms with van der Waals surface area (Å²) in [6.45, 7) is 5.90. The first-order chi connectivity index (χ1) is 26.6. The Balaban J connectivity index is 0.000000246. The minimum atomic E-state index is -0.616. The molecule has 11 heteroatoms. The van der Waals surface area contributed by atoms with Crippen LogP contribution in [-0.2, 0) is 32.2 Å². The number of allylic oxidation sites excluding steroid dienone is 1. The zero-order chi connectivity index (χ0) is 39.6. The van der Waals surface area contributed by atoms with Gasteiger partial charge in [0.05, 0.1) is 29.0 Å². The standard InChI is InChI=1S/C23H25NO5.C21H19NO4/c1-3-9-21(25)20(23(27)28-4-2)15-24-19-13-8-10-17(14-19)16-29-22(26)18-11-6-5-7-12-18;1-2-6-19(23)17-12-22-18-11-14(9-10-16(18)20(17)24)13-26-21(25)15-7-4-3-5-8-15/h5-8,10-15,25H,3-4,9,16H2,1-2H3;3-5,7-12H,2,6,13H2,1H3,(H,22,24). The average molecular weight is 745 g/mol. The molecule has 4 aromatic carbocycles. The van der Waals surface area contributed by atoms with Crippen molar-refractivity contribution < 1.29 is 38.5 Å². The van der Waals surface area contributed by atoms with E-state index in [4.69, 9.17) is 14.2 Å². The van der Waals surface area contributed by atoms with Crippen LogP contribution < -0.4 is 5.43 Å². The number of pyridine rings is 1. The van der Waals surface area contributed by atoms with E-state index in [9.17, 15) is 29.1 Å². The molecule has 0 atom stereocenters. The fourth-order valence-electron chi connectivity index (χ4n) is 5.23. The fourth-order valence-corrected chi connectivity index (χ4v) is 5.23. The first-order valence-electron chi connectivity index (χ1n) is 18.0. The first-order valence-corrected chi connectivity index (χ1v) is 18.0. The van der Waals surface area contributed by atoms with Crippen molar-refractivity contribution in [3.05, 3.63) is 159 Å². The van der Waals surface area contributed by atoms with Gasteiger partial charge >= 0.3 is 17.9 Å². The second-order valence-electron chi connectivity index (χ2n) is 12.2. The average Bonchev–Trinajstić information content (AvgIpc) is 3.20. The molecule has 0 aliphatic rings. The number of carbonyl (C=O) groups excluding carboxylic acids is 4. The normalized spacial score (nSPS) is 11.3. The number of nitrogens with one attached hydrogen (secondary N) is 1. The number of rotatable bonds is 15. The summed E-state index contributed by atoms with van der Waals surface area (Å²) in [6, 6.07) is 29.7. The van der Waals surface area contributed by atoms with Crippen LogP contribution in [0.15, 0.2) is 130 Å². The maximum Gasteiger partial charge on any atom is 0.343 e. The van der Waals surface area contributed by atoms with Crippen LogP contribution in [0, 0.1) is 0 Å². The molecule has 1 aromatic heterocycles. The van der Waals surface area contributed by atoms with E-state index in [0.717, 1.165) is 11.1 Å². The maximum atomic E-state index is 12.5. The number of aromatic amines is 1. The van der Waals surface area contributed by atoms with E-state index in [1.165, 1.54) is 12.4 Å². The minimum Gasteiger partial charge on any atom is -0.511 e. The number of esters is 3. The third kappa shape index (κ3) is 12.2. The molecular formula is C44H44N2O9. The molecular weight excluding hydrogens is 700 g/mol. The Kier molecular flexibility index (Phi) is 15.8. The summed E-state index contributed by atoms with van der Waals surface area (Å²) in [4.78, 5) is 67.9. The third-order valence-corrected chi connectivity index (χ3v) is 8.03. The van der Waals surface area contributed by atoms with Gasteiger partial charge in [-0.05, 0) is 79.4 Å². The summed E-state index contributed by atoms with van der Waals surface area (Å²) >= 11 is 0. The van der Waals surface area contributed by atoms with Gasteiger partial charge in [-0.3, -0.25) is 14.6 Å². The molecule has 0 saturated carbocycles. The van der Waals surface area contributed by atoms with Crippen molar-refractivity contribution in [3.63, 3.8) is 0 Å². The molecule has 0 amide bonds. The predicted octanol–water partition coefficient (Wildman–Crippen LogP) is 8.79. The van der Waals surface area contributed by atoms with Crippen molar-refractivity contribution in [2.45, 2.75) is 59.7 Å². The number of hydrogen-bond acceptors (Lipinski definition) is 10. The quantitative estimate of drug-likeness (QED) is 0.0267. The summed E-state index contributed by atoms with van der Waals surface area (Å²) in [5, 5.41) is 10.6. The van der Waals surface area contributed by atoms with E-state index in [1.807, 2.05) is 32.0 Å². The molecule has 284 valence electrons. The van der Waals surface area contributed by atoms with Crippen LogP contribution in [-0.4, -0.2) is 46.6 Å². The molecule has 0 aliphatic carbocycles. The predicted molar refractivity (Wildman–Crippen MR) is 211 cm³/mol. The molecule has 1 heterocycles. The molecule has 5 rings (SSSR count). The van der Waals surface area contributed by atoms with E-state index in [2.05, 4.69) is 9.98 Å². The van der Waals surface area contributed by atoms with Crippen LogP contribution >= 0.6 is 0 Å². The molecule has 0 saturated heterocycles. The fraction of sp³-hybridized carbons (Fsp3) is 0.227. The lowest BCUT2D eigenvalue weighted by Crippen LogP contribution is -2.15. The van der Waals surface area contributed by atoms with Crippen LogP contribution in [0.2, 0.25) is 0 Å². The molecule has 0 fully saturated rings. The highest BCUT2D eigenvalue weighted by Gasteiger charge is 2.15. The molecule has 0 aliphatic heterocycles. The molecule has 55 heavy (non-hydrogen) atoms. The van der Waals surface area contributed by atoms with E-state index in [-0.39, 0.29) is 47.9 Å². The van der Waals surface area contributed by atoms with Crippen molar-refractivity contribution in [2.75, 3.05) is 6.61 Å². The number of ketones is 1. The number of aromatic nitrogens is 1. The Hall–Kier alpha value is -6.62. The summed E-state index contributed by atoms with van der Waals surface area (Å²) < 4.78 is 15.6. The Morgan fingerprint density at radius 3 is 1.89 bits per heavy atom. The number of aliphatic hydroxyl groups excluding tert-OH is 1. The number of benzene rings is 4. The van der Waals surface area contributed by atoms with Crippen LogP contribution in [0.1, 0.15) is 88.7 Å². The van der Waals surface area contributed by atoms with Gasteiger partial charge in [-0.25, -0.2) is 14.4 Å².